The molecule has 1 atom stereocenters. The third-order valence-corrected chi connectivity index (χ3v) is 7.41. The molecule has 0 radical (unpaired) electrons. The van der Waals surface area contributed by atoms with Crippen LogP contribution >= 0.6 is 11.6 Å². The SMILES string of the molecule is CC1(C)OB([B-]2(C(Cl)Cc3ccc(F)cc3)OC(C)(C)C(C)(C)O2)OC1(C)C. The lowest BCUT2D eigenvalue weighted by atomic mass is 9.26. The van der Waals surface area contributed by atoms with E-state index in [0.29, 0.717) is 6.42 Å². The summed E-state index contributed by atoms with van der Waals surface area (Å²) >= 11 is 6.96. The minimum absolute atomic E-state index is 0.281. The van der Waals surface area contributed by atoms with E-state index < -0.39 is 41.1 Å². The molecular weight excluding hydrogens is 380 g/mol. The highest BCUT2D eigenvalue weighted by Crippen LogP contribution is 2.49. The average Bonchev–Trinajstić information content (AvgIpc) is 2.88. The summed E-state index contributed by atoms with van der Waals surface area (Å²) < 4.78 is 39.1. The van der Waals surface area contributed by atoms with Gasteiger partial charge in [0.2, 0.25) is 0 Å². The zero-order valence-electron chi connectivity index (χ0n) is 18.1. The van der Waals surface area contributed by atoms with E-state index in [2.05, 4.69) is 0 Å². The van der Waals surface area contributed by atoms with Crippen LogP contribution in [0.3, 0.4) is 0 Å². The van der Waals surface area contributed by atoms with Gasteiger partial charge in [0, 0.05) is 11.2 Å². The molecule has 156 valence electrons. The Morgan fingerprint density at radius 1 is 0.857 bits per heavy atom. The van der Waals surface area contributed by atoms with Gasteiger partial charge in [-0.3, -0.25) is 0 Å². The molecule has 28 heavy (non-hydrogen) atoms. The van der Waals surface area contributed by atoms with Crippen molar-refractivity contribution >= 4 is 25.1 Å². The summed E-state index contributed by atoms with van der Waals surface area (Å²) in [5.41, 5.74) is -1.36. The minimum Gasteiger partial charge on any atom is -0.563 e. The number of halogens is 2. The van der Waals surface area contributed by atoms with Crippen LogP contribution in [0, 0.1) is 5.82 Å². The molecule has 1 unspecified atom stereocenters. The predicted molar refractivity (Wildman–Crippen MR) is 112 cm³/mol. The maximum Gasteiger partial charge on any atom is 0.329 e. The van der Waals surface area contributed by atoms with Crippen molar-refractivity contribution in [2.24, 2.45) is 0 Å². The van der Waals surface area contributed by atoms with Crippen molar-refractivity contribution in [3.05, 3.63) is 35.6 Å². The lowest BCUT2D eigenvalue weighted by molar-refractivity contribution is 0.00578. The second-order valence-electron chi connectivity index (χ2n) is 10.1. The summed E-state index contributed by atoms with van der Waals surface area (Å²) in [6.07, 6.45) is -1.73. The van der Waals surface area contributed by atoms with E-state index >= 15 is 0 Å². The highest BCUT2D eigenvalue weighted by Gasteiger charge is 2.65. The van der Waals surface area contributed by atoms with E-state index in [9.17, 15) is 4.39 Å². The quantitative estimate of drug-likeness (QED) is 0.530. The number of hydrogen-bond acceptors (Lipinski definition) is 4. The molecule has 3 rings (SSSR count). The molecule has 2 saturated heterocycles. The maximum absolute atomic E-state index is 13.3. The number of rotatable bonds is 4. The van der Waals surface area contributed by atoms with Crippen LogP contribution in [0.15, 0.2) is 24.3 Å². The summed E-state index contributed by atoms with van der Waals surface area (Å²) in [4.78, 5) is 0. The smallest absolute Gasteiger partial charge is 0.329 e. The number of alkyl halides is 1. The van der Waals surface area contributed by atoms with E-state index in [1.54, 1.807) is 12.1 Å². The minimum atomic E-state index is -2.17. The molecule has 2 aliphatic rings. The van der Waals surface area contributed by atoms with E-state index in [0.717, 1.165) is 5.56 Å². The molecule has 2 heterocycles. The molecule has 8 heteroatoms. The first-order valence-corrected chi connectivity index (χ1v) is 10.4. The molecule has 0 N–H and O–H groups in total. The molecule has 2 fully saturated rings. The Kier molecular flexibility index (Phi) is 5.30. The van der Waals surface area contributed by atoms with E-state index in [-0.39, 0.29) is 5.82 Å². The number of hydrogen-bond donors (Lipinski definition) is 0. The maximum atomic E-state index is 13.3. The Morgan fingerprint density at radius 2 is 1.29 bits per heavy atom. The zero-order chi connectivity index (χ0) is 21.2. The first-order valence-electron chi connectivity index (χ1n) is 9.92. The molecule has 0 saturated carbocycles. The van der Waals surface area contributed by atoms with E-state index in [1.165, 1.54) is 12.1 Å². The van der Waals surface area contributed by atoms with Gasteiger partial charge in [-0.1, -0.05) is 12.1 Å². The fourth-order valence-corrected chi connectivity index (χ4v) is 4.15. The van der Waals surface area contributed by atoms with Crippen molar-refractivity contribution in [1.82, 2.24) is 0 Å². The fraction of sp³-hybridized carbons (Fsp3) is 0.700. The van der Waals surface area contributed by atoms with Gasteiger partial charge in [-0.2, -0.15) is 11.6 Å². The standard InChI is InChI=1S/C20H31B2ClFO4/c1-17(2)18(3,4)26-21(25-17)22(27-19(5,6)20(7,8)28-22)16(23)13-14-9-11-15(24)12-10-14/h9-12,16H,13H2,1-8H3/q-1. The molecular formula is C20H31B2ClFO4-. The molecule has 0 aliphatic carbocycles. The largest absolute Gasteiger partial charge is 0.563 e. The van der Waals surface area contributed by atoms with Crippen molar-refractivity contribution in [3.63, 3.8) is 0 Å². The van der Waals surface area contributed by atoms with Crippen molar-refractivity contribution < 1.29 is 23.0 Å². The topological polar surface area (TPSA) is 36.9 Å². The molecule has 4 nitrogen and oxygen atoms in total. The van der Waals surface area contributed by atoms with Crippen molar-refractivity contribution in [2.75, 3.05) is 0 Å². The van der Waals surface area contributed by atoms with Gasteiger partial charge in [0.25, 0.3) is 6.44 Å². The summed E-state index contributed by atoms with van der Waals surface area (Å²) in [5.74, 6) is -0.281. The van der Waals surface area contributed by atoms with Crippen LogP contribution in [0.25, 0.3) is 0 Å². The Bertz CT molecular complexity index is 704. The molecule has 1 aromatic rings. The molecule has 1 aromatic carbocycles. The van der Waals surface area contributed by atoms with Crippen molar-refractivity contribution in [3.8, 4) is 0 Å². The van der Waals surface area contributed by atoms with E-state index in [1.807, 2.05) is 55.4 Å². The van der Waals surface area contributed by atoms with Crippen LogP contribution in [-0.2, 0) is 25.0 Å². The van der Waals surface area contributed by atoms with Gasteiger partial charge in [0.15, 0.2) is 0 Å². The number of benzene rings is 1. The first kappa shape index (κ1) is 22.1. The van der Waals surface area contributed by atoms with E-state index in [4.69, 9.17) is 30.2 Å². The molecule has 0 aromatic heterocycles. The van der Waals surface area contributed by atoms with Gasteiger partial charge >= 0.3 is 7.01 Å². The van der Waals surface area contributed by atoms with Gasteiger partial charge in [-0.15, -0.1) is 0 Å². The van der Waals surface area contributed by atoms with Gasteiger partial charge in [0.1, 0.15) is 5.82 Å². The van der Waals surface area contributed by atoms with Crippen LogP contribution in [0.4, 0.5) is 4.39 Å². The summed E-state index contributed by atoms with van der Waals surface area (Å²) in [7, 11) is -0.742. The molecule has 0 amide bonds. The third-order valence-electron chi connectivity index (χ3n) is 6.91. The Balaban J connectivity index is 1.98. The molecule has 2 aliphatic heterocycles. The normalized spacial score (nSPS) is 27.7. The van der Waals surface area contributed by atoms with Gasteiger partial charge < -0.3 is 18.6 Å². The predicted octanol–water partition coefficient (Wildman–Crippen LogP) is 4.73. The van der Waals surface area contributed by atoms with Crippen LogP contribution in [0.5, 0.6) is 0 Å². The highest BCUT2D eigenvalue weighted by molar-refractivity contribution is 7.25. The van der Waals surface area contributed by atoms with Gasteiger partial charge in [-0.25, -0.2) is 4.39 Å². The fourth-order valence-electron chi connectivity index (χ4n) is 3.75. The van der Waals surface area contributed by atoms with Crippen molar-refractivity contribution in [2.45, 2.75) is 89.5 Å². The Labute approximate surface area is 173 Å². The summed E-state index contributed by atoms with van der Waals surface area (Å²) in [5, 5.41) is -0.554. The monoisotopic (exact) mass is 411 g/mol. The van der Waals surface area contributed by atoms with Crippen LogP contribution < -0.4 is 0 Å². The van der Waals surface area contributed by atoms with Crippen LogP contribution in [0.2, 0.25) is 0 Å². The zero-order valence-corrected chi connectivity index (χ0v) is 18.9. The summed E-state index contributed by atoms with van der Waals surface area (Å²) in [6, 6.07) is 6.31. The Hall–Kier alpha value is -0.590. The highest BCUT2D eigenvalue weighted by atomic mass is 35.5. The van der Waals surface area contributed by atoms with Gasteiger partial charge in [0.05, 0.1) is 11.2 Å². The van der Waals surface area contributed by atoms with Crippen molar-refractivity contribution in [1.29, 1.82) is 0 Å². The third kappa shape index (κ3) is 3.54. The molecule has 0 spiro atoms. The summed E-state index contributed by atoms with van der Waals surface area (Å²) in [6.45, 7) is 15.9. The lowest BCUT2D eigenvalue weighted by Gasteiger charge is -2.43. The van der Waals surface area contributed by atoms with Crippen LogP contribution in [-0.4, -0.2) is 41.1 Å². The average molecular weight is 412 g/mol. The lowest BCUT2D eigenvalue weighted by Crippen LogP contribution is -2.63. The second kappa shape index (κ2) is 6.71. The van der Waals surface area contributed by atoms with Gasteiger partial charge in [-0.05, 0) is 84.8 Å². The first-order chi connectivity index (χ1) is 12.6. The second-order valence-corrected chi connectivity index (χ2v) is 10.6. The Morgan fingerprint density at radius 3 is 1.71 bits per heavy atom. The molecule has 0 bridgehead atoms. The van der Waals surface area contributed by atoms with Crippen LogP contribution in [0.1, 0.15) is 61.0 Å².